The molecule has 0 spiro atoms. The molecule has 0 saturated carbocycles. The Morgan fingerprint density at radius 2 is 1.95 bits per heavy atom. The van der Waals surface area contributed by atoms with Crippen LogP contribution in [0.4, 0.5) is 4.79 Å². The number of urea groups is 1. The first-order chi connectivity index (χ1) is 9.81. The van der Waals surface area contributed by atoms with Crippen LogP contribution in [0.15, 0.2) is 55.1 Å². The molecule has 0 unspecified atom stereocenters. The first kappa shape index (κ1) is 13.9. The Bertz CT molecular complexity index is 591. The van der Waals surface area contributed by atoms with E-state index in [9.17, 15) is 4.79 Å². The fraction of sp³-hybridized carbons (Fsp3) is 0.188. The Kier molecular flexibility index (Phi) is 5.00. The zero-order valence-electron chi connectivity index (χ0n) is 11.3. The van der Waals surface area contributed by atoms with E-state index in [4.69, 9.17) is 4.74 Å². The van der Waals surface area contributed by atoms with Gasteiger partial charge in [-0.05, 0) is 11.5 Å². The molecule has 104 valence electrons. The van der Waals surface area contributed by atoms with Crippen LogP contribution in [-0.4, -0.2) is 25.7 Å². The highest BCUT2D eigenvalue weighted by molar-refractivity contribution is 5.88. The normalized spacial score (nSPS) is 10.0. The molecule has 0 aromatic heterocycles. The lowest BCUT2D eigenvalue weighted by Gasteiger charge is -2.10. The van der Waals surface area contributed by atoms with Crippen LogP contribution >= 0.6 is 0 Å². The Hall–Kier alpha value is -2.49. The Morgan fingerprint density at radius 3 is 2.80 bits per heavy atom. The molecule has 0 atom stereocenters. The highest BCUT2D eigenvalue weighted by atomic mass is 16.5. The average molecular weight is 270 g/mol. The summed E-state index contributed by atoms with van der Waals surface area (Å²) in [6.07, 6.45) is 1.63. The van der Waals surface area contributed by atoms with Gasteiger partial charge in [0.2, 0.25) is 0 Å². The largest absolute Gasteiger partial charge is 0.491 e. The lowest BCUT2D eigenvalue weighted by molar-refractivity contribution is 0.237. The van der Waals surface area contributed by atoms with Gasteiger partial charge in [-0.1, -0.05) is 42.5 Å². The van der Waals surface area contributed by atoms with Crippen molar-refractivity contribution in [3.63, 3.8) is 0 Å². The van der Waals surface area contributed by atoms with Gasteiger partial charge in [0.15, 0.2) is 0 Å². The predicted octanol–water partition coefficient (Wildman–Crippen LogP) is 2.70. The van der Waals surface area contributed by atoms with Crippen molar-refractivity contribution in [3.05, 3.63) is 55.1 Å². The molecule has 4 nitrogen and oxygen atoms in total. The van der Waals surface area contributed by atoms with E-state index in [0.29, 0.717) is 19.7 Å². The minimum atomic E-state index is -0.216. The van der Waals surface area contributed by atoms with Crippen LogP contribution in [0.25, 0.3) is 10.8 Å². The van der Waals surface area contributed by atoms with Gasteiger partial charge in [-0.2, -0.15) is 0 Å². The number of ether oxygens (including phenoxy) is 1. The van der Waals surface area contributed by atoms with Crippen molar-refractivity contribution in [1.29, 1.82) is 0 Å². The Balaban J connectivity index is 1.84. The number of hydrogen-bond donors (Lipinski definition) is 2. The van der Waals surface area contributed by atoms with Crippen LogP contribution in [0.5, 0.6) is 5.75 Å². The molecule has 4 heteroatoms. The van der Waals surface area contributed by atoms with E-state index in [0.717, 1.165) is 16.5 Å². The van der Waals surface area contributed by atoms with Gasteiger partial charge in [0.25, 0.3) is 0 Å². The highest BCUT2D eigenvalue weighted by Crippen LogP contribution is 2.24. The highest BCUT2D eigenvalue weighted by Gasteiger charge is 2.01. The summed E-state index contributed by atoms with van der Waals surface area (Å²) in [7, 11) is 0. The fourth-order valence-electron chi connectivity index (χ4n) is 1.87. The Labute approximate surface area is 118 Å². The minimum Gasteiger partial charge on any atom is -0.491 e. The number of rotatable bonds is 6. The van der Waals surface area contributed by atoms with E-state index < -0.39 is 0 Å². The molecule has 2 aromatic rings. The minimum absolute atomic E-state index is 0.216. The van der Waals surface area contributed by atoms with Crippen molar-refractivity contribution in [2.75, 3.05) is 19.7 Å². The summed E-state index contributed by atoms with van der Waals surface area (Å²) in [5.74, 6) is 0.830. The van der Waals surface area contributed by atoms with Crippen molar-refractivity contribution in [2.45, 2.75) is 0 Å². The predicted molar refractivity (Wildman–Crippen MR) is 81.0 cm³/mol. The summed E-state index contributed by atoms with van der Waals surface area (Å²) in [6.45, 7) is 4.86. The maximum absolute atomic E-state index is 11.3. The average Bonchev–Trinajstić information content (AvgIpc) is 2.49. The summed E-state index contributed by atoms with van der Waals surface area (Å²) in [5.41, 5.74) is 0. The number of nitrogens with one attached hydrogen (secondary N) is 2. The van der Waals surface area contributed by atoms with E-state index in [-0.39, 0.29) is 6.03 Å². The number of amides is 2. The number of hydrogen-bond acceptors (Lipinski definition) is 2. The molecule has 2 amide bonds. The zero-order valence-corrected chi connectivity index (χ0v) is 11.3. The molecule has 0 fully saturated rings. The maximum atomic E-state index is 11.3. The lowest BCUT2D eigenvalue weighted by atomic mass is 10.1. The molecule has 0 saturated heterocycles. The zero-order chi connectivity index (χ0) is 14.2. The molecule has 2 aromatic carbocycles. The van der Waals surface area contributed by atoms with Crippen LogP contribution in [-0.2, 0) is 0 Å². The van der Waals surface area contributed by atoms with Crippen LogP contribution in [0.2, 0.25) is 0 Å². The van der Waals surface area contributed by atoms with Crippen molar-refractivity contribution >= 4 is 16.8 Å². The number of carbonyl (C=O) groups excluding carboxylic acids is 1. The summed E-state index contributed by atoms with van der Waals surface area (Å²) in [4.78, 5) is 11.3. The molecule has 0 radical (unpaired) electrons. The van der Waals surface area contributed by atoms with Crippen molar-refractivity contribution < 1.29 is 9.53 Å². The van der Waals surface area contributed by atoms with E-state index >= 15 is 0 Å². The fourth-order valence-corrected chi connectivity index (χ4v) is 1.87. The lowest BCUT2D eigenvalue weighted by Crippen LogP contribution is -2.37. The van der Waals surface area contributed by atoms with Crippen molar-refractivity contribution in [2.24, 2.45) is 0 Å². The van der Waals surface area contributed by atoms with E-state index in [1.54, 1.807) is 6.08 Å². The SMILES string of the molecule is C=CCNC(=O)NCCOc1cccc2ccccc12. The molecule has 20 heavy (non-hydrogen) atoms. The van der Waals surface area contributed by atoms with E-state index in [1.807, 2.05) is 42.5 Å². The standard InChI is InChI=1S/C16H18N2O2/c1-2-10-17-16(19)18-11-12-20-15-9-5-7-13-6-3-4-8-14(13)15/h2-9H,1,10-12H2,(H2,17,18,19). The van der Waals surface area contributed by atoms with Crippen LogP contribution in [0, 0.1) is 0 Å². The van der Waals surface area contributed by atoms with Gasteiger partial charge in [0.1, 0.15) is 12.4 Å². The third kappa shape index (κ3) is 3.75. The van der Waals surface area contributed by atoms with Crippen molar-refractivity contribution in [3.8, 4) is 5.75 Å². The number of benzene rings is 2. The number of fused-ring (bicyclic) bond motifs is 1. The monoisotopic (exact) mass is 270 g/mol. The van der Waals surface area contributed by atoms with E-state index in [2.05, 4.69) is 17.2 Å². The third-order valence-electron chi connectivity index (χ3n) is 2.80. The summed E-state index contributed by atoms with van der Waals surface area (Å²) < 4.78 is 5.71. The van der Waals surface area contributed by atoms with Crippen molar-refractivity contribution in [1.82, 2.24) is 10.6 Å². The molecule has 2 rings (SSSR count). The quantitative estimate of drug-likeness (QED) is 0.626. The van der Waals surface area contributed by atoms with Gasteiger partial charge >= 0.3 is 6.03 Å². The second-order valence-electron chi connectivity index (χ2n) is 4.25. The van der Waals surface area contributed by atoms with E-state index in [1.165, 1.54) is 0 Å². The second-order valence-corrected chi connectivity index (χ2v) is 4.25. The topological polar surface area (TPSA) is 50.4 Å². The molecular weight excluding hydrogens is 252 g/mol. The van der Waals surface area contributed by atoms with Crippen LogP contribution in [0.3, 0.4) is 0 Å². The summed E-state index contributed by atoms with van der Waals surface area (Å²) >= 11 is 0. The van der Waals surface area contributed by atoms with Gasteiger partial charge in [-0.15, -0.1) is 6.58 Å². The van der Waals surface area contributed by atoms with Crippen LogP contribution < -0.4 is 15.4 Å². The smallest absolute Gasteiger partial charge is 0.315 e. The first-order valence-electron chi connectivity index (χ1n) is 6.54. The van der Waals surface area contributed by atoms with Gasteiger partial charge < -0.3 is 15.4 Å². The first-order valence-corrected chi connectivity index (χ1v) is 6.54. The summed E-state index contributed by atoms with van der Waals surface area (Å²) in [5, 5.41) is 7.57. The molecule has 0 bridgehead atoms. The van der Waals surface area contributed by atoms with Crippen LogP contribution in [0.1, 0.15) is 0 Å². The van der Waals surface area contributed by atoms with Gasteiger partial charge in [-0.3, -0.25) is 0 Å². The van der Waals surface area contributed by atoms with Gasteiger partial charge in [0.05, 0.1) is 6.54 Å². The summed E-state index contributed by atoms with van der Waals surface area (Å²) in [6, 6.07) is 13.8. The molecule has 0 aliphatic carbocycles. The molecule has 0 heterocycles. The third-order valence-corrected chi connectivity index (χ3v) is 2.80. The molecule has 0 aliphatic heterocycles. The molecule has 0 aliphatic rings. The molecule has 2 N–H and O–H groups in total. The second kappa shape index (κ2) is 7.19. The molecular formula is C16H18N2O2. The van der Waals surface area contributed by atoms with Gasteiger partial charge in [0, 0.05) is 11.9 Å². The van der Waals surface area contributed by atoms with Gasteiger partial charge in [-0.25, -0.2) is 4.79 Å². The Morgan fingerprint density at radius 1 is 1.15 bits per heavy atom. The maximum Gasteiger partial charge on any atom is 0.315 e. The number of carbonyl (C=O) groups is 1.